The van der Waals surface area contributed by atoms with Crippen LogP contribution < -0.4 is 31.7 Å². The maximum absolute atomic E-state index is 13.9. The standard InChI is InChI=1S/C37H36ClN9O7/c38-23-16-24(35(54)47-29(23)32(51)44-37(47)11-9-36(7-8-36)10-12-37)41-26-17-27(40-18-39-26)42-30(49)19-5-13-45(14-6-19)20-1-2-21-22(15-20)34(53)46(33(21)52)25-3-4-28(48)43-31(25)50/h1-2,15-19,25H,3-14H2,(H,44,51)(H,43,48,50)(H2,39,40,41,42,49). The highest BCUT2D eigenvalue weighted by Crippen LogP contribution is 2.59. The number of halogens is 1. The molecule has 2 aromatic heterocycles. The molecule has 1 unspecified atom stereocenters. The van der Waals surface area contributed by atoms with Gasteiger partial charge in [0.1, 0.15) is 41.0 Å². The van der Waals surface area contributed by atoms with Crippen LogP contribution >= 0.6 is 11.6 Å². The van der Waals surface area contributed by atoms with Crippen molar-refractivity contribution in [3.63, 3.8) is 0 Å². The Labute approximate surface area is 313 Å². The molecule has 0 bridgehead atoms. The highest BCUT2D eigenvalue weighted by Gasteiger charge is 2.54. The Morgan fingerprint density at radius 1 is 0.852 bits per heavy atom. The summed E-state index contributed by atoms with van der Waals surface area (Å²) in [5.74, 6) is -2.65. The summed E-state index contributed by atoms with van der Waals surface area (Å²) in [6.45, 7) is 1.02. The maximum Gasteiger partial charge on any atom is 0.276 e. The second-order valence-electron chi connectivity index (χ2n) is 15.2. The average molecular weight is 754 g/mol. The van der Waals surface area contributed by atoms with Crippen molar-refractivity contribution in [2.45, 2.75) is 75.9 Å². The van der Waals surface area contributed by atoms with Gasteiger partial charge in [0.25, 0.3) is 23.3 Å². The first-order chi connectivity index (χ1) is 25.9. The lowest BCUT2D eigenvalue weighted by Gasteiger charge is -2.38. The Balaban J connectivity index is 0.843. The summed E-state index contributed by atoms with van der Waals surface area (Å²) >= 11 is 6.59. The number of carbonyl (C=O) groups is 6. The molecule has 4 aliphatic heterocycles. The van der Waals surface area contributed by atoms with Crippen molar-refractivity contribution >= 4 is 70.1 Å². The average Bonchev–Trinajstić information content (AvgIpc) is 3.80. The van der Waals surface area contributed by atoms with Gasteiger partial charge in [0, 0.05) is 37.2 Å². The molecule has 3 aromatic rings. The van der Waals surface area contributed by atoms with Crippen LogP contribution in [-0.2, 0) is 20.0 Å². The van der Waals surface area contributed by atoms with E-state index in [-0.39, 0.29) is 75.3 Å². The largest absolute Gasteiger partial charge is 0.371 e. The van der Waals surface area contributed by atoms with Gasteiger partial charge in [-0.15, -0.1) is 0 Å². The maximum atomic E-state index is 13.9. The van der Waals surface area contributed by atoms with Gasteiger partial charge in [0.05, 0.1) is 16.1 Å². The Kier molecular flexibility index (Phi) is 7.88. The molecule has 2 aliphatic carbocycles. The summed E-state index contributed by atoms with van der Waals surface area (Å²) in [5, 5.41) is 11.3. The van der Waals surface area contributed by atoms with E-state index in [9.17, 15) is 33.6 Å². The van der Waals surface area contributed by atoms with Gasteiger partial charge in [-0.1, -0.05) is 11.6 Å². The minimum atomic E-state index is -1.04. The van der Waals surface area contributed by atoms with Crippen molar-refractivity contribution in [1.29, 1.82) is 0 Å². The first-order valence-electron chi connectivity index (χ1n) is 18.2. The Hall–Kier alpha value is -5.64. The van der Waals surface area contributed by atoms with Gasteiger partial charge in [-0.2, -0.15) is 0 Å². The molecule has 278 valence electrons. The molecule has 2 saturated carbocycles. The van der Waals surface area contributed by atoms with E-state index >= 15 is 0 Å². The molecular weight excluding hydrogens is 718 g/mol. The number of nitrogens with zero attached hydrogens (tertiary/aromatic N) is 5. The fourth-order valence-electron chi connectivity index (χ4n) is 8.76. The Bertz CT molecular complexity index is 2250. The number of benzene rings is 1. The lowest BCUT2D eigenvalue weighted by Crippen LogP contribution is -2.54. The molecule has 2 spiro atoms. The number of pyridine rings is 1. The molecule has 6 heterocycles. The third kappa shape index (κ3) is 5.61. The Morgan fingerprint density at radius 2 is 1.56 bits per heavy atom. The zero-order valence-corrected chi connectivity index (χ0v) is 29.8. The number of amides is 6. The van der Waals surface area contributed by atoms with Gasteiger partial charge in [-0.25, -0.2) is 9.97 Å². The van der Waals surface area contributed by atoms with E-state index in [1.807, 2.05) is 4.90 Å². The van der Waals surface area contributed by atoms with Crippen LogP contribution in [-0.4, -0.2) is 74.0 Å². The highest BCUT2D eigenvalue weighted by molar-refractivity contribution is 6.34. The predicted molar refractivity (Wildman–Crippen MR) is 193 cm³/mol. The van der Waals surface area contributed by atoms with Crippen LogP contribution in [0.2, 0.25) is 5.02 Å². The van der Waals surface area contributed by atoms with Crippen LogP contribution in [0.1, 0.15) is 95.4 Å². The molecule has 9 rings (SSSR count). The summed E-state index contributed by atoms with van der Waals surface area (Å²) in [4.78, 5) is 102. The van der Waals surface area contributed by atoms with Gasteiger partial charge >= 0.3 is 0 Å². The van der Waals surface area contributed by atoms with Crippen LogP contribution in [0.5, 0.6) is 0 Å². The monoisotopic (exact) mass is 753 g/mol. The quantitative estimate of drug-likeness (QED) is 0.269. The number of nitrogens with one attached hydrogen (secondary N) is 4. The van der Waals surface area contributed by atoms with Crippen molar-refractivity contribution in [3.8, 4) is 0 Å². The molecule has 6 amide bonds. The Morgan fingerprint density at radius 3 is 2.28 bits per heavy atom. The number of imide groups is 2. The minimum Gasteiger partial charge on any atom is -0.371 e. The zero-order valence-electron chi connectivity index (χ0n) is 29.1. The first-order valence-corrected chi connectivity index (χ1v) is 18.6. The molecule has 0 radical (unpaired) electrons. The van der Waals surface area contributed by atoms with Gasteiger partial charge < -0.3 is 20.9 Å². The van der Waals surface area contributed by atoms with Gasteiger partial charge in [-0.05, 0) is 87.5 Å². The predicted octanol–water partition coefficient (Wildman–Crippen LogP) is 3.04. The van der Waals surface area contributed by atoms with E-state index in [1.54, 1.807) is 18.2 Å². The second-order valence-corrected chi connectivity index (χ2v) is 15.6. The van der Waals surface area contributed by atoms with E-state index in [2.05, 4.69) is 31.2 Å². The molecule has 1 atom stereocenters. The molecule has 4 N–H and O–H groups in total. The highest BCUT2D eigenvalue weighted by atomic mass is 35.5. The van der Waals surface area contributed by atoms with Gasteiger partial charge in [-0.3, -0.25) is 48.3 Å². The number of fused-ring (bicyclic) bond motifs is 3. The molecule has 6 aliphatic rings. The smallest absolute Gasteiger partial charge is 0.276 e. The lowest BCUT2D eigenvalue weighted by molar-refractivity contribution is -0.136. The molecule has 17 heteroatoms. The number of rotatable bonds is 6. The van der Waals surface area contributed by atoms with Crippen LogP contribution in [0.25, 0.3) is 0 Å². The fourth-order valence-corrected chi connectivity index (χ4v) is 9.03. The summed E-state index contributed by atoms with van der Waals surface area (Å²) < 4.78 is 1.52. The number of carbonyl (C=O) groups excluding carboxylic acids is 6. The minimum absolute atomic E-state index is 0.0436. The summed E-state index contributed by atoms with van der Waals surface area (Å²) in [6, 6.07) is 6.88. The fraction of sp³-hybridized carbons (Fsp3) is 0.432. The van der Waals surface area contributed by atoms with E-state index in [4.69, 9.17) is 11.6 Å². The van der Waals surface area contributed by atoms with Crippen molar-refractivity contribution in [2.24, 2.45) is 11.3 Å². The molecule has 2 saturated heterocycles. The van der Waals surface area contributed by atoms with E-state index < -0.39 is 35.3 Å². The number of anilines is 4. The van der Waals surface area contributed by atoms with Crippen LogP contribution in [0.4, 0.5) is 23.0 Å². The normalized spacial score (nSPS) is 22.6. The van der Waals surface area contributed by atoms with Crippen molar-refractivity contribution in [2.75, 3.05) is 28.6 Å². The molecular formula is C37H36ClN9O7. The van der Waals surface area contributed by atoms with Gasteiger partial charge in [0.15, 0.2) is 0 Å². The number of aromatic nitrogens is 3. The number of hydrogen-bond acceptors (Lipinski definition) is 11. The van der Waals surface area contributed by atoms with Gasteiger partial charge in [0.2, 0.25) is 17.7 Å². The molecule has 1 aromatic carbocycles. The molecule has 16 nitrogen and oxygen atoms in total. The SMILES string of the molecule is O=C1CCC(N2C(=O)c3ccc(N4CCC(C(=O)Nc5cc(Nc6cc(Cl)c7n(c6=O)C6(CCC8(CC8)CC6)NC7=O)ncn5)CC4)cc3C2=O)C(=O)N1. The number of piperidine rings is 2. The topological polar surface area (TPSA) is 205 Å². The third-order valence-electron chi connectivity index (χ3n) is 12.1. The van der Waals surface area contributed by atoms with Crippen molar-refractivity contribution < 1.29 is 28.8 Å². The second kappa shape index (κ2) is 12.5. The van der Waals surface area contributed by atoms with Crippen LogP contribution in [0, 0.1) is 11.3 Å². The summed E-state index contributed by atoms with van der Waals surface area (Å²) in [6.07, 6.45) is 7.98. The van der Waals surface area contributed by atoms with E-state index in [1.165, 1.54) is 35.9 Å². The third-order valence-corrected chi connectivity index (χ3v) is 12.4. The van der Waals surface area contributed by atoms with Crippen molar-refractivity contribution in [1.82, 2.24) is 30.1 Å². The summed E-state index contributed by atoms with van der Waals surface area (Å²) in [7, 11) is 0. The van der Waals surface area contributed by atoms with Crippen LogP contribution in [0.15, 0.2) is 41.5 Å². The van der Waals surface area contributed by atoms with Crippen LogP contribution in [0.3, 0.4) is 0 Å². The van der Waals surface area contributed by atoms with E-state index in [0.29, 0.717) is 49.9 Å². The lowest BCUT2D eigenvalue weighted by atomic mass is 9.79. The van der Waals surface area contributed by atoms with E-state index in [0.717, 1.165) is 17.7 Å². The molecule has 54 heavy (non-hydrogen) atoms. The number of hydrogen-bond donors (Lipinski definition) is 4. The van der Waals surface area contributed by atoms with Crippen molar-refractivity contribution in [3.05, 3.63) is 68.9 Å². The summed E-state index contributed by atoms with van der Waals surface area (Å²) in [5.41, 5.74) is 0.583. The molecule has 4 fully saturated rings. The first kappa shape index (κ1) is 34.1. The zero-order chi connectivity index (χ0) is 37.5.